The maximum absolute atomic E-state index is 5.94. The van der Waals surface area contributed by atoms with Gasteiger partial charge in [-0.05, 0) is 20.9 Å². The van der Waals surface area contributed by atoms with Crippen LogP contribution in [-0.2, 0) is 0 Å². The summed E-state index contributed by atoms with van der Waals surface area (Å²) in [6.07, 6.45) is 1.89. The molecule has 0 aliphatic carbocycles. The first kappa shape index (κ1) is 13.2. The van der Waals surface area contributed by atoms with Crippen LogP contribution >= 0.6 is 24.0 Å². The SMILES string of the molecule is CN[C@@H](C)c1cc2nc(Cl)c(C)cn2n1.Cl. The average molecular weight is 261 g/mol. The van der Waals surface area contributed by atoms with Crippen LogP contribution in [0.15, 0.2) is 12.3 Å². The van der Waals surface area contributed by atoms with Gasteiger partial charge >= 0.3 is 0 Å². The molecule has 0 aromatic carbocycles. The molecule has 0 aliphatic heterocycles. The third-order valence-corrected chi connectivity index (χ3v) is 2.85. The molecule has 0 saturated carbocycles. The zero-order valence-corrected chi connectivity index (χ0v) is 10.9. The molecule has 88 valence electrons. The lowest BCUT2D eigenvalue weighted by atomic mass is 10.2. The molecule has 16 heavy (non-hydrogen) atoms. The van der Waals surface area contributed by atoms with Gasteiger partial charge in [0.05, 0.1) is 5.69 Å². The van der Waals surface area contributed by atoms with Crippen LogP contribution in [0, 0.1) is 6.92 Å². The van der Waals surface area contributed by atoms with Crippen LogP contribution in [0.1, 0.15) is 24.2 Å². The van der Waals surface area contributed by atoms with Gasteiger partial charge in [0, 0.05) is 23.9 Å². The second kappa shape index (κ2) is 4.99. The van der Waals surface area contributed by atoms with Gasteiger partial charge in [-0.25, -0.2) is 9.50 Å². The summed E-state index contributed by atoms with van der Waals surface area (Å²) in [6, 6.07) is 2.15. The smallest absolute Gasteiger partial charge is 0.157 e. The number of aromatic nitrogens is 3. The van der Waals surface area contributed by atoms with Gasteiger partial charge in [0.1, 0.15) is 5.15 Å². The van der Waals surface area contributed by atoms with Crippen molar-refractivity contribution in [2.24, 2.45) is 0 Å². The molecular formula is C10H14Cl2N4. The Labute approximate surface area is 105 Å². The maximum Gasteiger partial charge on any atom is 0.157 e. The Bertz CT molecular complexity index is 456. The van der Waals surface area contributed by atoms with Gasteiger partial charge in [-0.3, -0.25) is 0 Å². The van der Waals surface area contributed by atoms with Gasteiger partial charge in [0.2, 0.25) is 0 Å². The van der Waals surface area contributed by atoms with E-state index in [2.05, 4.69) is 22.3 Å². The van der Waals surface area contributed by atoms with E-state index in [-0.39, 0.29) is 18.4 Å². The van der Waals surface area contributed by atoms with Crippen molar-refractivity contribution in [1.29, 1.82) is 0 Å². The van der Waals surface area contributed by atoms with Gasteiger partial charge in [0.15, 0.2) is 5.65 Å². The molecule has 0 fully saturated rings. The molecule has 0 radical (unpaired) electrons. The molecule has 1 N–H and O–H groups in total. The molecule has 0 spiro atoms. The molecular weight excluding hydrogens is 247 g/mol. The fourth-order valence-corrected chi connectivity index (χ4v) is 1.50. The first-order valence-electron chi connectivity index (χ1n) is 4.81. The Hall–Kier alpha value is -0.840. The van der Waals surface area contributed by atoms with E-state index in [4.69, 9.17) is 11.6 Å². The minimum absolute atomic E-state index is 0. The van der Waals surface area contributed by atoms with E-state index in [0.29, 0.717) is 5.15 Å². The average Bonchev–Trinajstić information content (AvgIpc) is 2.60. The van der Waals surface area contributed by atoms with Crippen LogP contribution in [0.4, 0.5) is 0 Å². The monoisotopic (exact) mass is 260 g/mol. The molecule has 0 unspecified atom stereocenters. The summed E-state index contributed by atoms with van der Waals surface area (Å²) in [4.78, 5) is 4.25. The van der Waals surface area contributed by atoms with E-state index in [9.17, 15) is 0 Å². The Kier molecular flexibility index (Phi) is 4.13. The number of nitrogens with zero attached hydrogens (tertiary/aromatic N) is 3. The van der Waals surface area contributed by atoms with Gasteiger partial charge < -0.3 is 5.32 Å². The number of halogens is 2. The van der Waals surface area contributed by atoms with Gasteiger partial charge in [-0.15, -0.1) is 12.4 Å². The highest BCUT2D eigenvalue weighted by Crippen LogP contribution is 2.16. The number of hydrogen-bond donors (Lipinski definition) is 1. The molecule has 0 amide bonds. The van der Waals surface area contributed by atoms with E-state index in [1.807, 2.05) is 26.2 Å². The molecule has 6 heteroatoms. The highest BCUT2D eigenvalue weighted by atomic mass is 35.5. The molecule has 1 atom stereocenters. The highest BCUT2D eigenvalue weighted by molar-refractivity contribution is 6.30. The topological polar surface area (TPSA) is 42.2 Å². The van der Waals surface area contributed by atoms with Crippen LogP contribution in [0.3, 0.4) is 0 Å². The summed E-state index contributed by atoms with van der Waals surface area (Å²) < 4.78 is 1.75. The van der Waals surface area contributed by atoms with E-state index in [0.717, 1.165) is 16.9 Å². The zero-order chi connectivity index (χ0) is 11.0. The largest absolute Gasteiger partial charge is 0.312 e. The second-order valence-electron chi connectivity index (χ2n) is 3.60. The fourth-order valence-electron chi connectivity index (χ4n) is 1.37. The molecule has 0 aliphatic rings. The first-order chi connectivity index (χ1) is 7.11. The number of hydrogen-bond acceptors (Lipinski definition) is 3. The van der Waals surface area contributed by atoms with Gasteiger partial charge in [-0.2, -0.15) is 5.10 Å². The number of nitrogens with one attached hydrogen (secondary N) is 1. The lowest BCUT2D eigenvalue weighted by Gasteiger charge is -2.03. The van der Waals surface area contributed by atoms with E-state index in [1.54, 1.807) is 4.52 Å². The summed E-state index contributed by atoms with van der Waals surface area (Å²) >= 11 is 5.94. The molecule has 0 bridgehead atoms. The summed E-state index contributed by atoms with van der Waals surface area (Å²) in [5.74, 6) is 0. The third kappa shape index (κ3) is 2.29. The van der Waals surface area contributed by atoms with Crippen molar-refractivity contribution in [3.63, 3.8) is 0 Å². The number of aryl methyl sites for hydroxylation is 1. The zero-order valence-electron chi connectivity index (χ0n) is 9.36. The Morgan fingerprint density at radius 2 is 2.19 bits per heavy atom. The van der Waals surface area contributed by atoms with Crippen LogP contribution < -0.4 is 5.32 Å². The quantitative estimate of drug-likeness (QED) is 0.844. The van der Waals surface area contributed by atoms with Crippen LogP contribution in [0.2, 0.25) is 5.15 Å². The summed E-state index contributed by atoms with van der Waals surface area (Å²) in [6.45, 7) is 3.97. The van der Waals surface area contributed by atoms with Crippen molar-refractivity contribution in [3.8, 4) is 0 Å². The Balaban J connectivity index is 0.00000128. The molecule has 2 aromatic rings. The molecule has 2 heterocycles. The second-order valence-corrected chi connectivity index (χ2v) is 3.96. The molecule has 2 rings (SSSR count). The minimum atomic E-state index is 0. The third-order valence-electron chi connectivity index (χ3n) is 2.47. The molecule has 4 nitrogen and oxygen atoms in total. The number of rotatable bonds is 2. The van der Waals surface area contributed by atoms with E-state index < -0.39 is 0 Å². The lowest BCUT2D eigenvalue weighted by Crippen LogP contribution is -2.12. The maximum atomic E-state index is 5.94. The normalized spacial score (nSPS) is 12.5. The van der Waals surface area contributed by atoms with Crippen molar-refractivity contribution in [1.82, 2.24) is 19.9 Å². The van der Waals surface area contributed by atoms with Gasteiger partial charge in [-0.1, -0.05) is 11.6 Å². The van der Waals surface area contributed by atoms with Crippen molar-refractivity contribution < 1.29 is 0 Å². The number of fused-ring (bicyclic) bond motifs is 1. The Morgan fingerprint density at radius 1 is 1.50 bits per heavy atom. The predicted octanol–water partition coefficient (Wildman–Crippen LogP) is 2.39. The van der Waals surface area contributed by atoms with Crippen molar-refractivity contribution >= 4 is 29.7 Å². The first-order valence-corrected chi connectivity index (χ1v) is 5.19. The van der Waals surface area contributed by atoms with E-state index in [1.165, 1.54) is 0 Å². The Morgan fingerprint density at radius 3 is 2.81 bits per heavy atom. The highest BCUT2D eigenvalue weighted by Gasteiger charge is 2.09. The van der Waals surface area contributed by atoms with Crippen molar-refractivity contribution in [3.05, 3.63) is 28.7 Å². The summed E-state index contributed by atoms with van der Waals surface area (Å²) in [5, 5.41) is 8.09. The molecule has 0 saturated heterocycles. The summed E-state index contributed by atoms with van der Waals surface area (Å²) in [7, 11) is 1.90. The van der Waals surface area contributed by atoms with Crippen LogP contribution in [0.5, 0.6) is 0 Å². The standard InChI is InChI=1S/C10H13ClN4.ClH/c1-6-5-15-9(13-10(6)11)4-8(14-15)7(2)12-3;/h4-5,7,12H,1-3H3;1H/t7-;/m0./s1. The van der Waals surface area contributed by atoms with Crippen molar-refractivity contribution in [2.45, 2.75) is 19.9 Å². The van der Waals surface area contributed by atoms with E-state index >= 15 is 0 Å². The minimum Gasteiger partial charge on any atom is -0.312 e. The summed E-state index contributed by atoms with van der Waals surface area (Å²) in [5.41, 5.74) is 2.67. The fraction of sp³-hybridized carbons (Fsp3) is 0.400. The predicted molar refractivity (Wildman–Crippen MR) is 67.5 cm³/mol. The molecule has 2 aromatic heterocycles. The van der Waals surface area contributed by atoms with Crippen LogP contribution in [-0.4, -0.2) is 21.6 Å². The van der Waals surface area contributed by atoms with Crippen LogP contribution in [0.25, 0.3) is 5.65 Å². The van der Waals surface area contributed by atoms with Gasteiger partial charge in [0.25, 0.3) is 0 Å². The lowest BCUT2D eigenvalue weighted by molar-refractivity contribution is 0.625. The van der Waals surface area contributed by atoms with Crippen molar-refractivity contribution in [2.75, 3.05) is 7.05 Å².